The van der Waals surface area contributed by atoms with Crippen molar-refractivity contribution in [2.24, 2.45) is 5.92 Å². The molecule has 1 aromatic carbocycles. The van der Waals surface area contributed by atoms with Crippen LogP contribution in [0, 0.1) is 5.92 Å². The first-order valence-electron chi connectivity index (χ1n) is 5.47. The number of Topliss-reactive ketones (excluding diaryl/α,β-unsaturated/α-hetero) is 1. The predicted molar refractivity (Wildman–Crippen MR) is 72.6 cm³/mol. The zero-order chi connectivity index (χ0) is 13.0. The van der Waals surface area contributed by atoms with E-state index in [0.29, 0.717) is 11.3 Å². The summed E-state index contributed by atoms with van der Waals surface area (Å²) in [6.07, 6.45) is 0. The quantitative estimate of drug-likeness (QED) is 0.685. The summed E-state index contributed by atoms with van der Waals surface area (Å²) in [5, 5.41) is 2.78. The van der Waals surface area contributed by atoms with Crippen molar-refractivity contribution in [1.29, 1.82) is 0 Å². The molecular formula is C13H16BrNO2. The number of hydrogen-bond acceptors (Lipinski definition) is 2. The zero-order valence-corrected chi connectivity index (χ0v) is 11.7. The lowest BCUT2D eigenvalue weighted by Gasteiger charge is -2.14. The lowest BCUT2D eigenvalue weighted by Crippen LogP contribution is -2.27. The van der Waals surface area contributed by atoms with Gasteiger partial charge in [-0.3, -0.25) is 9.59 Å². The minimum Gasteiger partial charge on any atom is -0.325 e. The summed E-state index contributed by atoms with van der Waals surface area (Å²) in [4.78, 5) is 22.8. The Morgan fingerprint density at radius 3 is 2.47 bits per heavy atom. The number of amides is 1. The molecular weight excluding hydrogens is 282 g/mol. The average Bonchev–Trinajstić information content (AvgIpc) is 2.28. The van der Waals surface area contributed by atoms with Crippen LogP contribution in [0.3, 0.4) is 0 Å². The van der Waals surface area contributed by atoms with E-state index in [1.807, 2.05) is 13.8 Å². The van der Waals surface area contributed by atoms with Gasteiger partial charge in [0.2, 0.25) is 5.91 Å². The topological polar surface area (TPSA) is 46.2 Å². The number of benzene rings is 1. The van der Waals surface area contributed by atoms with Crippen LogP contribution in [0.15, 0.2) is 24.3 Å². The molecule has 0 saturated heterocycles. The normalized spacial score (nSPS) is 12.3. The second-order valence-corrected chi connectivity index (χ2v) is 5.26. The van der Waals surface area contributed by atoms with Crippen molar-refractivity contribution in [3.8, 4) is 0 Å². The molecule has 92 valence electrons. The van der Waals surface area contributed by atoms with Crippen LogP contribution in [-0.2, 0) is 4.79 Å². The van der Waals surface area contributed by atoms with Gasteiger partial charge in [0.1, 0.15) is 0 Å². The second-order valence-electron chi connectivity index (χ2n) is 4.27. The van der Waals surface area contributed by atoms with E-state index in [2.05, 4.69) is 21.2 Å². The number of nitrogens with one attached hydrogen (secondary N) is 1. The maximum absolute atomic E-state index is 11.8. The third-order valence-corrected chi connectivity index (χ3v) is 3.85. The monoisotopic (exact) mass is 297 g/mol. The Bertz CT molecular complexity index is 429. The molecule has 1 aromatic rings. The van der Waals surface area contributed by atoms with E-state index in [-0.39, 0.29) is 22.4 Å². The highest BCUT2D eigenvalue weighted by Gasteiger charge is 2.18. The average molecular weight is 298 g/mol. The van der Waals surface area contributed by atoms with E-state index < -0.39 is 0 Å². The third kappa shape index (κ3) is 3.97. The first kappa shape index (κ1) is 13.9. The Labute approximate surface area is 110 Å². The van der Waals surface area contributed by atoms with Crippen LogP contribution >= 0.6 is 15.9 Å². The van der Waals surface area contributed by atoms with Crippen LogP contribution in [0.1, 0.15) is 31.1 Å². The number of carbonyl (C=O) groups excluding carboxylic acids is 2. The number of ketones is 1. The summed E-state index contributed by atoms with van der Waals surface area (Å²) in [6, 6.07) is 6.93. The SMILES string of the molecule is CC(=O)c1cccc(NC(=O)[C@H](Br)C(C)C)c1. The molecule has 1 amide bonds. The number of hydrogen-bond donors (Lipinski definition) is 1. The predicted octanol–water partition coefficient (Wildman–Crippen LogP) is 3.25. The molecule has 0 fully saturated rings. The molecule has 0 heterocycles. The Morgan fingerprint density at radius 1 is 1.29 bits per heavy atom. The van der Waals surface area contributed by atoms with Gasteiger partial charge in [0, 0.05) is 11.3 Å². The van der Waals surface area contributed by atoms with Crippen LogP contribution in [-0.4, -0.2) is 16.5 Å². The molecule has 0 aliphatic carbocycles. The molecule has 0 spiro atoms. The molecule has 0 aromatic heterocycles. The summed E-state index contributed by atoms with van der Waals surface area (Å²) in [7, 11) is 0. The van der Waals surface area contributed by atoms with Gasteiger partial charge in [0.05, 0.1) is 4.83 Å². The van der Waals surface area contributed by atoms with E-state index in [1.54, 1.807) is 24.3 Å². The Balaban J connectivity index is 2.78. The van der Waals surface area contributed by atoms with E-state index in [9.17, 15) is 9.59 Å². The minimum atomic E-state index is -0.233. The van der Waals surface area contributed by atoms with Gasteiger partial charge in [-0.2, -0.15) is 0 Å². The molecule has 0 bridgehead atoms. The molecule has 0 saturated carbocycles. The van der Waals surface area contributed by atoms with E-state index in [4.69, 9.17) is 0 Å². The molecule has 17 heavy (non-hydrogen) atoms. The highest BCUT2D eigenvalue weighted by Crippen LogP contribution is 2.16. The molecule has 0 radical (unpaired) electrons. The maximum atomic E-state index is 11.8. The van der Waals surface area contributed by atoms with Crippen molar-refractivity contribution in [3.63, 3.8) is 0 Å². The molecule has 0 unspecified atom stereocenters. The first-order valence-corrected chi connectivity index (χ1v) is 6.39. The second kappa shape index (κ2) is 5.96. The number of carbonyl (C=O) groups is 2. The van der Waals surface area contributed by atoms with Gasteiger partial charge in [0.15, 0.2) is 5.78 Å². The number of rotatable bonds is 4. The number of halogens is 1. The summed E-state index contributed by atoms with van der Waals surface area (Å²) in [5.74, 6) is 0.104. The van der Waals surface area contributed by atoms with Crippen molar-refractivity contribution in [2.45, 2.75) is 25.6 Å². The highest BCUT2D eigenvalue weighted by atomic mass is 79.9. The van der Waals surface area contributed by atoms with Gasteiger partial charge in [-0.05, 0) is 25.0 Å². The van der Waals surface area contributed by atoms with Crippen LogP contribution in [0.25, 0.3) is 0 Å². The Kier molecular flexibility index (Phi) is 4.87. The smallest absolute Gasteiger partial charge is 0.238 e. The summed E-state index contributed by atoms with van der Waals surface area (Å²) in [5.41, 5.74) is 1.24. The van der Waals surface area contributed by atoms with Crippen LogP contribution in [0.5, 0.6) is 0 Å². The van der Waals surface area contributed by atoms with Crippen molar-refractivity contribution in [1.82, 2.24) is 0 Å². The molecule has 0 aliphatic heterocycles. The van der Waals surface area contributed by atoms with Gasteiger partial charge in [-0.25, -0.2) is 0 Å². The van der Waals surface area contributed by atoms with Crippen molar-refractivity contribution in [3.05, 3.63) is 29.8 Å². The van der Waals surface area contributed by atoms with E-state index >= 15 is 0 Å². The fraction of sp³-hybridized carbons (Fsp3) is 0.385. The zero-order valence-electron chi connectivity index (χ0n) is 10.2. The first-order chi connectivity index (χ1) is 7.91. The van der Waals surface area contributed by atoms with Crippen LogP contribution in [0.4, 0.5) is 5.69 Å². The van der Waals surface area contributed by atoms with Gasteiger partial charge >= 0.3 is 0 Å². The molecule has 1 N–H and O–H groups in total. The van der Waals surface area contributed by atoms with Crippen molar-refractivity contribution in [2.75, 3.05) is 5.32 Å². The number of anilines is 1. The number of alkyl halides is 1. The molecule has 4 heteroatoms. The van der Waals surface area contributed by atoms with Gasteiger partial charge in [0.25, 0.3) is 0 Å². The van der Waals surface area contributed by atoms with Gasteiger partial charge in [-0.1, -0.05) is 41.9 Å². The Hall–Kier alpha value is -1.16. The Morgan fingerprint density at radius 2 is 1.94 bits per heavy atom. The molecule has 3 nitrogen and oxygen atoms in total. The van der Waals surface area contributed by atoms with Crippen LogP contribution in [0.2, 0.25) is 0 Å². The molecule has 0 aliphatic rings. The molecule has 1 atom stereocenters. The lowest BCUT2D eigenvalue weighted by atomic mass is 10.1. The third-order valence-electron chi connectivity index (χ3n) is 2.37. The van der Waals surface area contributed by atoms with Crippen molar-refractivity contribution < 1.29 is 9.59 Å². The molecule has 1 rings (SSSR count). The largest absolute Gasteiger partial charge is 0.325 e. The minimum absolute atomic E-state index is 0.0136. The lowest BCUT2D eigenvalue weighted by molar-refractivity contribution is -0.116. The summed E-state index contributed by atoms with van der Waals surface area (Å²) < 4.78 is 0. The highest BCUT2D eigenvalue weighted by molar-refractivity contribution is 9.10. The van der Waals surface area contributed by atoms with Crippen molar-refractivity contribution >= 4 is 33.3 Å². The van der Waals surface area contributed by atoms with E-state index in [0.717, 1.165) is 0 Å². The maximum Gasteiger partial charge on any atom is 0.238 e. The summed E-state index contributed by atoms with van der Waals surface area (Å²) >= 11 is 3.33. The van der Waals surface area contributed by atoms with E-state index in [1.165, 1.54) is 6.92 Å². The van der Waals surface area contributed by atoms with Gasteiger partial charge in [-0.15, -0.1) is 0 Å². The fourth-order valence-electron chi connectivity index (χ4n) is 1.33. The standard InChI is InChI=1S/C13H16BrNO2/c1-8(2)12(14)13(17)15-11-6-4-5-10(7-11)9(3)16/h4-8,12H,1-3H3,(H,15,17)/t12-/m1/s1. The van der Waals surface area contributed by atoms with Gasteiger partial charge < -0.3 is 5.32 Å². The summed E-state index contributed by atoms with van der Waals surface area (Å²) in [6.45, 7) is 5.43. The van der Waals surface area contributed by atoms with Crippen LogP contribution < -0.4 is 5.32 Å². The fourth-order valence-corrected chi connectivity index (χ4v) is 1.44.